The van der Waals surface area contributed by atoms with E-state index in [2.05, 4.69) is 0 Å². The molecule has 106 valence electrons. The Bertz CT molecular complexity index is 608. The molecule has 2 aromatic carbocycles. The van der Waals surface area contributed by atoms with E-state index >= 15 is 0 Å². The zero-order valence-electron chi connectivity index (χ0n) is 11.7. The van der Waals surface area contributed by atoms with Crippen LogP contribution >= 0.6 is 0 Å². The summed E-state index contributed by atoms with van der Waals surface area (Å²) < 4.78 is 27.6. The average Bonchev–Trinajstić information content (AvgIpc) is 2.42. The van der Waals surface area contributed by atoms with Crippen LogP contribution in [0, 0.1) is 25.5 Å². The Labute approximate surface area is 117 Å². The van der Waals surface area contributed by atoms with Crippen molar-refractivity contribution in [2.75, 3.05) is 0 Å². The molecule has 0 saturated heterocycles. The fraction of sp³-hybridized carbons (Fsp3) is 0.294. The monoisotopic (exact) mass is 276 g/mol. The highest BCUT2D eigenvalue weighted by atomic mass is 19.1. The molecule has 0 bridgehead atoms. The molecular weight excluding hydrogens is 258 g/mol. The predicted octanol–water partition coefficient (Wildman–Crippen LogP) is 4.25. The van der Waals surface area contributed by atoms with Gasteiger partial charge in [0.2, 0.25) is 0 Å². The van der Waals surface area contributed by atoms with Crippen LogP contribution in [0.2, 0.25) is 0 Å². The van der Waals surface area contributed by atoms with Crippen molar-refractivity contribution in [2.24, 2.45) is 0 Å². The van der Waals surface area contributed by atoms with Gasteiger partial charge in [0.05, 0.1) is 11.7 Å². The molecule has 0 aromatic heterocycles. The Morgan fingerprint density at radius 2 is 1.70 bits per heavy atom. The lowest BCUT2D eigenvalue weighted by molar-refractivity contribution is 0.158. The highest BCUT2D eigenvalue weighted by molar-refractivity contribution is 5.29. The van der Waals surface area contributed by atoms with Gasteiger partial charge in [0.1, 0.15) is 11.6 Å². The van der Waals surface area contributed by atoms with E-state index in [9.17, 15) is 13.9 Å². The third-order valence-corrected chi connectivity index (χ3v) is 3.60. The summed E-state index contributed by atoms with van der Waals surface area (Å²) in [5.41, 5.74) is 2.32. The molecule has 0 spiro atoms. The highest BCUT2D eigenvalue weighted by Crippen LogP contribution is 2.27. The van der Waals surface area contributed by atoms with Gasteiger partial charge in [0.15, 0.2) is 0 Å². The lowest BCUT2D eigenvalue weighted by atomic mass is 9.97. The van der Waals surface area contributed by atoms with Crippen molar-refractivity contribution in [2.45, 2.75) is 32.8 Å². The molecule has 1 atom stereocenters. The standard InChI is InChI=1S/C17H18F2O/c1-11-5-3-4-6-13(11)8-10-15(20)16-14(18)9-7-12(2)17(16)19/h3-7,9,15,20H,8,10H2,1-2H3. The molecular formula is C17H18F2O. The number of benzene rings is 2. The van der Waals surface area contributed by atoms with Crippen LogP contribution in [0.1, 0.15) is 34.8 Å². The number of halogens is 2. The van der Waals surface area contributed by atoms with Gasteiger partial charge in [-0.05, 0) is 49.4 Å². The first kappa shape index (κ1) is 14.7. The van der Waals surface area contributed by atoms with Crippen LogP contribution in [0.3, 0.4) is 0 Å². The first-order chi connectivity index (χ1) is 9.50. The summed E-state index contributed by atoms with van der Waals surface area (Å²) in [5.74, 6) is -1.34. The van der Waals surface area contributed by atoms with Crippen LogP contribution < -0.4 is 0 Å². The van der Waals surface area contributed by atoms with E-state index in [1.807, 2.05) is 31.2 Å². The van der Waals surface area contributed by atoms with Crippen LogP contribution in [0.4, 0.5) is 8.78 Å². The van der Waals surface area contributed by atoms with E-state index in [4.69, 9.17) is 0 Å². The molecule has 0 fully saturated rings. The maximum atomic E-state index is 13.9. The second-order valence-electron chi connectivity index (χ2n) is 5.07. The molecule has 0 saturated carbocycles. The molecule has 0 aliphatic rings. The summed E-state index contributed by atoms with van der Waals surface area (Å²) in [5, 5.41) is 10.1. The lowest BCUT2D eigenvalue weighted by Crippen LogP contribution is -2.07. The maximum Gasteiger partial charge on any atom is 0.134 e. The molecule has 2 aromatic rings. The normalized spacial score (nSPS) is 12.4. The molecule has 0 heterocycles. The first-order valence-electron chi connectivity index (χ1n) is 6.67. The van der Waals surface area contributed by atoms with E-state index in [1.54, 1.807) is 6.92 Å². The highest BCUT2D eigenvalue weighted by Gasteiger charge is 2.19. The van der Waals surface area contributed by atoms with Crippen LogP contribution in [-0.2, 0) is 6.42 Å². The number of hydrogen-bond donors (Lipinski definition) is 1. The topological polar surface area (TPSA) is 20.2 Å². The fourth-order valence-electron chi connectivity index (χ4n) is 2.31. The van der Waals surface area contributed by atoms with Gasteiger partial charge in [-0.3, -0.25) is 0 Å². The molecule has 0 aliphatic heterocycles. The van der Waals surface area contributed by atoms with Crippen molar-refractivity contribution in [1.82, 2.24) is 0 Å². The second-order valence-corrected chi connectivity index (χ2v) is 5.07. The zero-order chi connectivity index (χ0) is 14.7. The minimum atomic E-state index is -1.13. The molecule has 20 heavy (non-hydrogen) atoms. The van der Waals surface area contributed by atoms with Gasteiger partial charge in [-0.2, -0.15) is 0 Å². The third kappa shape index (κ3) is 3.05. The van der Waals surface area contributed by atoms with E-state index in [1.165, 1.54) is 12.1 Å². The van der Waals surface area contributed by atoms with Crippen molar-refractivity contribution in [3.8, 4) is 0 Å². The number of aryl methyl sites for hydroxylation is 3. The van der Waals surface area contributed by atoms with Gasteiger partial charge >= 0.3 is 0 Å². The Morgan fingerprint density at radius 1 is 1.00 bits per heavy atom. The number of hydrogen-bond acceptors (Lipinski definition) is 1. The van der Waals surface area contributed by atoms with E-state index in [0.717, 1.165) is 11.1 Å². The Morgan fingerprint density at radius 3 is 2.40 bits per heavy atom. The molecule has 1 nitrogen and oxygen atoms in total. The fourth-order valence-corrected chi connectivity index (χ4v) is 2.31. The number of aliphatic hydroxyl groups is 1. The molecule has 0 aliphatic carbocycles. The van der Waals surface area contributed by atoms with Crippen molar-refractivity contribution < 1.29 is 13.9 Å². The average molecular weight is 276 g/mol. The Hall–Kier alpha value is -1.74. The third-order valence-electron chi connectivity index (χ3n) is 3.60. The van der Waals surface area contributed by atoms with Crippen molar-refractivity contribution in [1.29, 1.82) is 0 Å². The lowest BCUT2D eigenvalue weighted by Gasteiger charge is -2.15. The van der Waals surface area contributed by atoms with Gasteiger partial charge in [-0.15, -0.1) is 0 Å². The van der Waals surface area contributed by atoms with Crippen LogP contribution in [0.25, 0.3) is 0 Å². The van der Waals surface area contributed by atoms with Gasteiger partial charge in [-0.25, -0.2) is 8.78 Å². The van der Waals surface area contributed by atoms with E-state index in [0.29, 0.717) is 18.4 Å². The molecule has 0 radical (unpaired) electrons. The summed E-state index contributed by atoms with van der Waals surface area (Å²) in [4.78, 5) is 0. The smallest absolute Gasteiger partial charge is 0.134 e. The summed E-state index contributed by atoms with van der Waals surface area (Å²) in [6.45, 7) is 3.54. The Kier molecular flexibility index (Phi) is 4.50. The van der Waals surface area contributed by atoms with Gasteiger partial charge < -0.3 is 5.11 Å². The summed E-state index contributed by atoms with van der Waals surface area (Å²) in [6, 6.07) is 10.4. The maximum absolute atomic E-state index is 13.9. The molecule has 2 rings (SSSR count). The largest absolute Gasteiger partial charge is 0.388 e. The quantitative estimate of drug-likeness (QED) is 0.885. The van der Waals surface area contributed by atoms with Crippen molar-refractivity contribution >= 4 is 0 Å². The number of aliphatic hydroxyl groups excluding tert-OH is 1. The van der Waals surface area contributed by atoms with Crippen LogP contribution in [-0.4, -0.2) is 5.11 Å². The van der Waals surface area contributed by atoms with E-state index < -0.39 is 17.7 Å². The van der Waals surface area contributed by atoms with Crippen molar-refractivity contribution in [3.63, 3.8) is 0 Å². The van der Waals surface area contributed by atoms with Crippen molar-refractivity contribution in [3.05, 3.63) is 70.3 Å². The molecule has 1 unspecified atom stereocenters. The minimum absolute atomic E-state index is 0.224. The first-order valence-corrected chi connectivity index (χ1v) is 6.67. The summed E-state index contributed by atoms with van der Waals surface area (Å²) >= 11 is 0. The van der Waals surface area contributed by atoms with Crippen LogP contribution in [0.5, 0.6) is 0 Å². The van der Waals surface area contributed by atoms with Crippen LogP contribution in [0.15, 0.2) is 36.4 Å². The minimum Gasteiger partial charge on any atom is -0.388 e. The summed E-state index contributed by atoms with van der Waals surface area (Å²) in [7, 11) is 0. The second kappa shape index (κ2) is 6.14. The SMILES string of the molecule is Cc1ccccc1CCC(O)c1c(F)ccc(C)c1F. The Balaban J connectivity index is 2.15. The van der Waals surface area contributed by atoms with E-state index in [-0.39, 0.29) is 5.56 Å². The molecule has 3 heteroatoms. The zero-order valence-corrected chi connectivity index (χ0v) is 11.7. The number of rotatable bonds is 4. The van der Waals surface area contributed by atoms with Gasteiger partial charge in [0, 0.05) is 0 Å². The molecule has 1 N–H and O–H groups in total. The predicted molar refractivity (Wildman–Crippen MR) is 75.6 cm³/mol. The van der Waals surface area contributed by atoms with Gasteiger partial charge in [-0.1, -0.05) is 30.3 Å². The van der Waals surface area contributed by atoms with Gasteiger partial charge in [0.25, 0.3) is 0 Å². The molecule has 0 amide bonds. The summed E-state index contributed by atoms with van der Waals surface area (Å²) in [6.07, 6.45) is -0.252.